The van der Waals surface area contributed by atoms with E-state index in [9.17, 15) is 0 Å². The molecule has 3 heterocycles. The zero-order chi connectivity index (χ0) is 52.6. The second kappa shape index (κ2) is 27.9. The van der Waals surface area contributed by atoms with Crippen molar-refractivity contribution in [3.05, 3.63) is 336 Å². The van der Waals surface area contributed by atoms with E-state index >= 15 is 0 Å². The van der Waals surface area contributed by atoms with Gasteiger partial charge in [-0.25, -0.2) is 9.97 Å². The minimum Gasteiger partial charge on any atom is -0.665 e. The molecule has 0 saturated carbocycles. The van der Waals surface area contributed by atoms with Crippen molar-refractivity contribution in [3.63, 3.8) is 0 Å². The van der Waals surface area contributed by atoms with Crippen LogP contribution < -0.4 is 52.9 Å². The Morgan fingerprint density at radius 3 is 0.684 bits per heavy atom. The molecule has 11 aromatic rings. The minimum atomic E-state index is -0.964. The first-order valence-corrected chi connectivity index (χ1v) is 32.5. The quantitative estimate of drug-likeness (QED) is 0.0904. The van der Waals surface area contributed by atoms with Crippen LogP contribution >= 0.6 is 31.7 Å². The molecule has 9 heteroatoms. The molecule has 0 radical (unpaired) electrons. The molecule has 0 bridgehead atoms. The molecule has 4 nitrogen and oxygen atoms in total. The van der Waals surface area contributed by atoms with Crippen molar-refractivity contribution in [1.82, 2.24) is 9.97 Å². The predicted octanol–water partition coefficient (Wildman–Crippen LogP) is 13.8. The SMILES string of the molecule is C(=C/[PH+](c1ccccc1)c1ccccc1)/[PH+](c1ccccc1)c1ccccc1.C(=C/[PH+](c1ccccc1)c1ccccc1)/[PH+](c1ccccc1)c1ccccc1.C1=C[N-]c2c3c(c4nc5ccccc5nc4c2=C1)=CC=C[N-]3.[Os+2]. The molecule has 0 amide bonds. The summed E-state index contributed by atoms with van der Waals surface area (Å²) in [4.78, 5) is 9.65. The second-order valence-corrected chi connectivity index (χ2v) is 27.7. The second-order valence-electron chi connectivity index (χ2n) is 18.5. The van der Waals surface area contributed by atoms with E-state index in [1.807, 2.05) is 48.6 Å². The summed E-state index contributed by atoms with van der Waals surface area (Å²) in [5, 5.41) is 22.4. The van der Waals surface area contributed by atoms with Gasteiger partial charge in [-0.3, -0.25) is 0 Å². The number of hydrogen-bond donors (Lipinski definition) is 0. The van der Waals surface area contributed by atoms with Crippen LogP contribution in [0.4, 0.5) is 11.4 Å². The van der Waals surface area contributed by atoms with E-state index in [1.165, 1.54) is 42.4 Å². The number of rotatable bonds is 12. The molecule has 0 fully saturated rings. The molecule has 0 N–H and O–H groups in total. The van der Waals surface area contributed by atoms with Crippen molar-refractivity contribution >= 4 is 120 Å². The van der Waals surface area contributed by atoms with Gasteiger partial charge >= 0.3 is 19.8 Å². The Morgan fingerprint density at radius 1 is 0.266 bits per heavy atom. The Hall–Kier alpha value is -7.54. The Bertz CT molecular complexity index is 3380. The van der Waals surface area contributed by atoms with Gasteiger partial charge in [-0.05, 0) is 120 Å². The van der Waals surface area contributed by atoms with Gasteiger partial charge in [0.15, 0.2) is 0 Å². The zero-order valence-corrected chi connectivity index (χ0v) is 49.9. The molecule has 0 spiro atoms. The minimum absolute atomic E-state index is 0. The van der Waals surface area contributed by atoms with E-state index in [4.69, 9.17) is 9.97 Å². The monoisotopic (exact) mass is 1270 g/mol. The standard InChI is InChI=1S/2C26H22P2.C18H10N4.Os/c2*1-5-13-23(14-6-1)27(24-15-7-2-8-16-24)21-22-28(25-17-9-3-10-18-25)26-19-11-4-12-20-26;1-2-8-14-13(7-1)21-17-11-5-3-9-19-15(11)16-12(18(17)22-14)6-4-10-20-16;/h2*1-22H;1-10H;/q;;-2;+2/p+4/b2*22-21-;;. The fourth-order valence-electron chi connectivity index (χ4n) is 9.66. The average molecular weight is 1270 g/mol. The van der Waals surface area contributed by atoms with Crippen molar-refractivity contribution in [2.45, 2.75) is 0 Å². The number of aromatic nitrogens is 2. The summed E-state index contributed by atoms with van der Waals surface area (Å²) in [5.41, 5.74) is 5.28. The van der Waals surface area contributed by atoms with Gasteiger partial charge in [0.05, 0.1) is 53.8 Å². The van der Waals surface area contributed by atoms with Crippen LogP contribution in [0.2, 0.25) is 0 Å². The Labute approximate surface area is 481 Å². The van der Waals surface area contributed by atoms with E-state index < -0.39 is 31.7 Å². The van der Waals surface area contributed by atoms with Crippen LogP contribution in [0.15, 0.2) is 315 Å². The Morgan fingerprint density at radius 2 is 0.468 bits per heavy atom. The van der Waals surface area contributed by atoms with Crippen LogP contribution in [-0.2, 0) is 19.8 Å². The van der Waals surface area contributed by atoms with Crippen LogP contribution in [0.5, 0.6) is 0 Å². The maximum Gasteiger partial charge on any atom is 2.00 e. The van der Waals surface area contributed by atoms with Gasteiger partial charge in [0.25, 0.3) is 0 Å². The molecule has 2 aliphatic rings. The van der Waals surface area contributed by atoms with Gasteiger partial charge in [0.1, 0.15) is 65.7 Å². The van der Waals surface area contributed by atoms with E-state index in [2.05, 4.69) is 277 Å². The van der Waals surface area contributed by atoms with Crippen LogP contribution in [0, 0.1) is 0 Å². The molecule has 0 unspecified atom stereocenters. The molecule has 13 rings (SSSR count). The molecular weight excluding hydrogens is 1210 g/mol. The molecular formula is C70H58N4OsP4+4. The number of para-hydroxylation sites is 2. The topological polar surface area (TPSA) is 54.0 Å². The van der Waals surface area contributed by atoms with Gasteiger partial charge in [-0.15, -0.1) is 11.4 Å². The molecule has 1 aromatic heterocycles. The van der Waals surface area contributed by atoms with E-state index in [0.29, 0.717) is 0 Å². The van der Waals surface area contributed by atoms with Crippen LogP contribution in [0.25, 0.3) is 44.9 Å². The van der Waals surface area contributed by atoms with Gasteiger partial charge in [0, 0.05) is 0 Å². The molecule has 0 saturated heterocycles. The molecule has 79 heavy (non-hydrogen) atoms. The molecule has 10 aromatic carbocycles. The van der Waals surface area contributed by atoms with Crippen molar-refractivity contribution < 1.29 is 19.8 Å². The van der Waals surface area contributed by atoms with E-state index in [-0.39, 0.29) is 19.8 Å². The van der Waals surface area contributed by atoms with Crippen LogP contribution in [0.1, 0.15) is 0 Å². The number of allylic oxidation sites excluding steroid dienone is 2. The third kappa shape index (κ3) is 13.7. The summed E-state index contributed by atoms with van der Waals surface area (Å²) in [6.45, 7) is 0. The smallest absolute Gasteiger partial charge is 0.665 e. The van der Waals surface area contributed by atoms with Gasteiger partial charge in [-0.1, -0.05) is 182 Å². The van der Waals surface area contributed by atoms with Crippen molar-refractivity contribution in [2.75, 3.05) is 0 Å². The van der Waals surface area contributed by atoms with Gasteiger partial charge < -0.3 is 10.6 Å². The first-order chi connectivity index (χ1) is 38.7. The van der Waals surface area contributed by atoms with E-state index in [1.54, 1.807) is 12.4 Å². The Balaban J connectivity index is 0.000000134. The van der Waals surface area contributed by atoms with Crippen molar-refractivity contribution in [1.29, 1.82) is 0 Å². The van der Waals surface area contributed by atoms with Gasteiger partial charge in [0.2, 0.25) is 0 Å². The maximum absolute atomic E-state index is 4.83. The number of fused-ring (bicyclic) bond motifs is 7. The number of benzene rings is 10. The molecule has 2 aliphatic heterocycles. The largest absolute Gasteiger partial charge is 2.00 e. The third-order valence-corrected chi connectivity index (χ3v) is 23.7. The third-order valence-electron chi connectivity index (χ3n) is 13.4. The summed E-state index contributed by atoms with van der Waals surface area (Å²) in [6.07, 6.45) is 11.5. The molecule has 0 aliphatic carbocycles. The van der Waals surface area contributed by atoms with Crippen molar-refractivity contribution in [2.24, 2.45) is 0 Å². The Kier molecular flexibility index (Phi) is 19.3. The summed E-state index contributed by atoms with van der Waals surface area (Å²) in [6, 6.07) is 95.4. The van der Waals surface area contributed by atoms with Crippen LogP contribution in [-0.4, -0.2) is 9.97 Å². The molecule has 382 valence electrons. The fourth-order valence-corrected chi connectivity index (χ4v) is 19.6. The van der Waals surface area contributed by atoms with Gasteiger partial charge in [-0.2, -0.15) is 12.4 Å². The summed E-state index contributed by atoms with van der Waals surface area (Å²) in [5.74, 6) is 10.0. The van der Waals surface area contributed by atoms with Crippen LogP contribution in [0.3, 0.4) is 0 Å². The van der Waals surface area contributed by atoms with E-state index in [0.717, 1.165) is 43.9 Å². The fraction of sp³-hybridized carbons (Fsp3) is 0. The molecule has 0 atom stereocenters. The summed E-state index contributed by atoms with van der Waals surface area (Å²) < 4.78 is 0. The zero-order valence-electron chi connectivity index (χ0n) is 43.3. The summed E-state index contributed by atoms with van der Waals surface area (Å²) in [7, 11) is -3.86. The van der Waals surface area contributed by atoms with Crippen molar-refractivity contribution in [3.8, 4) is 0 Å². The first kappa shape index (κ1) is 54.8. The number of nitrogens with zero attached hydrogens (tertiary/aromatic N) is 4. The normalized spacial score (nSPS) is 12.1. The predicted molar refractivity (Wildman–Crippen MR) is 350 cm³/mol. The number of hydrogen-bond acceptors (Lipinski definition) is 2. The maximum atomic E-state index is 4.83. The first-order valence-electron chi connectivity index (χ1n) is 26.2. The average Bonchev–Trinajstić information content (AvgIpc) is 3.58. The summed E-state index contributed by atoms with van der Waals surface area (Å²) >= 11 is 0.